The monoisotopic (exact) mass is 262 g/mol. The van der Waals surface area contributed by atoms with E-state index in [0.717, 1.165) is 0 Å². The molecule has 0 saturated carbocycles. The normalized spacial score (nSPS) is 19.2. The van der Waals surface area contributed by atoms with Crippen LogP contribution in [0.5, 0.6) is 0 Å². The summed E-state index contributed by atoms with van der Waals surface area (Å²) in [5.41, 5.74) is 0. The van der Waals surface area contributed by atoms with Gasteiger partial charge in [0.15, 0.2) is 0 Å². The van der Waals surface area contributed by atoms with Crippen molar-refractivity contribution in [2.75, 3.05) is 0 Å². The summed E-state index contributed by atoms with van der Waals surface area (Å²) in [5.74, 6) is 0. The molecule has 0 atom stereocenters. The molecular formula is C5H15Re. The van der Waals surface area contributed by atoms with Gasteiger partial charge in [0.2, 0.25) is 0 Å². The number of hydrogen-bond donors (Lipinski definition) is 0. The molecule has 0 aliphatic rings. The minimum absolute atomic E-state index is 1.70. The van der Waals surface area contributed by atoms with Crippen LogP contribution in [0, 0.1) is 0 Å². The quantitative estimate of drug-likeness (QED) is 0.629. The fourth-order valence-electron chi connectivity index (χ4n) is 0. The molecule has 0 amide bonds. The zero-order valence-corrected chi connectivity index (χ0v) is 8.09. The summed E-state index contributed by atoms with van der Waals surface area (Å²) in [7, 11) is 0. The van der Waals surface area contributed by atoms with Gasteiger partial charge in [-0.2, -0.15) is 0 Å². The van der Waals surface area contributed by atoms with Crippen molar-refractivity contribution in [3.63, 3.8) is 0 Å². The molecule has 0 unspecified atom stereocenters. The van der Waals surface area contributed by atoms with Crippen LogP contribution in [-0.4, -0.2) is 0 Å². The third-order valence-corrected chi connectivity index (χ3v) is 0. The number of hydrogen-bond acceptors (Lipinski definition) is 0. The fraction of sp³-hybridized carbons (Fsp3) is 1.00. The van der Waals surface area contributed by atoms with E-state index in [1.807, 2.05) is 0 Å². The molecule has 0 radical (unpaired) electrons. The zero-order valence-electron chi connectivity index (χ0n) is 5.38. The van der Waals surface area contributed by atoms with Gasteiger partial charge in [-0.25, -0.2) is 0 Å². The predicted octanol–water partition coefficient (Wildman–Crippen LogP) is 2.92. The van der Waals surface area contributed by atoms with E-state index in [9.17, 15) is 0 Å². The maximum absolute atomic E-state index is 2.41. The van der Waals surface area contributed by atoms with Crippen LogP contribution in [0.3, 0.4) is 0 Å². The Bertz CT molecular complexity index is 37.1. The topological polar surface area (TPSA) is 0 Å². The Kier molecular flexibility index (Phi) is 1.20. The van der Waals surface area contributed by atoms with E-state index in [1.54, 1.807) is 0 Å². The summed E-state index contributed by atoms with van der Waals surface area (Å²) in [6.07, 6.45) is 0. The summed E-state index contributed by atoms with van der Waals surface area (Å²) in [6, 6.07) is 0. The second-order valence-corrected chi connectivity index (χ2v) is 30.9. The van der Waals surface area contributed by atoms with Crippen LogP contribution >= 0.6 is 0 Å². The van der Waals surface area contributed by atoms with Gasteiger partial charge in [-0.15, -0.1) is 0 Å². The van der Waals surface area contributed by atoms with Crippen molar-refractivity contribution in [3.05, 3.63) is 0 Å². The second-order valence-electron chi connectivity index (χ2n) is 3.78. The Labute approximate surface area is 41.7 Å². The summed E-state index contributed by atoms with van der Waals surface area (Å²) >= 11 is -1.70. The molecule has 0 aliphatic heterocycles. The van der Waals surface area contributed by atoms with Crippen LogP contribution in [0.15, 0.2) is 0 Å². The van der Waals surface area contributed by atoms with E-state index in [2.05, 4.69) is 27.0 Å². The molecule has 0 aromatic heterocycles. The first kappa shape index (κ1) is 6.66. The predicted molar refractivity (Wildman–Crippen MR) is 29.3 cm³/mol. The van der Waals surface area contributed by atoms with Crippen LogP contribution in [0.25, 0.3) is 0 Å². The van der Waals surface area contributed by atoms with Gasteiger partial charge in [0.05, 0.1) is 0 Å². The summed E-state index contributed by atoms with van der Waals surface area (Å²) in [4.78, 5) is 0. The molecule has 0 N–H and O–H groups in total. The summed E-state index contributed by atoms with van der Waals surface area (Å²) in [6.45, 7) is 0. The first-order chi connectivity index (χ1) is 2.24. The first-order valence-electron chi connectivity index (χ1n) is 1.89. The summed E-state index contributed by atoms with van der Waals surface area (Å²) in [5, 5.41) is 12.1. The van der Waals surface area contributed by atoms with Gasteiger partial charge in [-0.05, 0) is 0 Å². The van der Waals surface area contributed by atoms with Crippen molar-refractivity contribution >= 4 is 0 Å². The van der Waals surface area contributed by atoms with E-state index in [0.29, 0.717) is 0 Å². The molecule has 42 valence electrons. The van der Waals surface area contributed by atoms with Gasteiger partial charge in [0.1, 0.15) is 0 Å². The molecule has 0 nitrogen and oxygen atoms in total. The molecule has 0 aromatic rings. The van der Waals surface area contributed by atoms with Crippen LogP contribution < -0.4 is 0 Å². The van der Waals surface area contributed by atoms with Gasteiger partial charge in [-0.1, -0.05) is 0 Å². The molecule has 0 spiro atoms. The molecule has 1 heteroatoms. The Morgan fingerprint density at radius 3 is 0.667 bits per heavy atom. The Morgan fingerprint density at radius 2 is 0.667 bits per heavy atom. The molecule has 0 heterocycles. The fourth-order valence-corrected chi connectivity index (χ4v) is 0. The molecule has 0 bridgehead atoms. The standard InChI is InChI=1S/5CH3.Re/h5*1H3;. The van der Waals surface area contributed by atoms with Gasteiger partial charge < -0.3 is 0 Å². The van der Waals surface area contributed by atoms with Gasteiger partial charge >= 0.3 is 41.3 Å². The average molecular weight is 261 g/mol. The van der Waals surface area contributed by atoms with Crippen molar-refractivity contribution in [1.82, 2.24) is 0 Å². The SMILES string of the molecule is [CH3][Re]([CH3])([CH3])([CH3])[CH3]. The van der Waals surface area contributed by atoms with E-state index in [-0.39, 0.29) is 0 Å². The van der Waals surface area contributed by atoms with E-state index in [4.69, 9.17) is 0 Å². The molecular weight excluding hydrogens is 246 g/mol. The molecule has 6 heavy (non-hydrogen) atoms. The van der Waals surface area contributed by atoms with E-state index < -0.39 is 14.3 Å². The Balaban J connectivity index is 3.73. The zero-order chi connectivity index (χ0) is 5.45. The molecule has 0 saturated heterocycles. The summed E-state index contributed by atoms with van der Waals surface area (Å²) < 4.78 is 0. The van der Waals surface area contributed by atoms with E-state index in [1.165, 1.54) is 0 Å². The minimum atomic E-state index is -1.70. The molecule has 0 rings (SSSR count). The van der Waals surface area contributed by atoms with Crippen molar-refractivity contribution in [2.24, 2.45) is 0 Å². The average Bonchev–Trinajstić information content (AvgIpc) is 0.650. The van der Waals surface area contributed by atoms with Gasteiger partial charge in [0, 0.05) is 0 Å². The van der Waals surface area contributed by atoms with Crippen LogP contribution in [0.1, 0.15) is 0 Å². The first-order valence-corrected chi connectivity index (χ1v) is 15.5. The Morgan fingerprint density at radius 1 is 0.667 bits per heavy atom. The second kappa shape index (κ2) is 1.08. The van der Waals surface area contributed by atoms with Gasteiger partial charge in [0.25, 0.3) is 0 Å². The Hall–Kier alpha value is 0.662. The third-order valence-electron chi connectivity index (χ3n) is 0. The van der Waals surface area contributed by atoms with Crippen LogP contribution in [-0.2, 0) is 14.3 Å². The van der Waals surface area contributed by atoms with Crippen molar-refractivity contribution in [2.45, 2.75) is 27.0 Å². The molecule has 0 aliphatic carbocycles. The van der Waals surface area contributed by atoms with Crippen molar-refractivity contribution < 1.29 is 14.3 Å². The van der Waals surface area contributed by atoms with E-state index >= 15 is 0 Å². The maximum atomic E-state index is 2.41. The molecule has 0 fully saturated rings. The number of rotatable bonds is 0. The van der Waals surface area contributed by atoms with Crippen LogP contribution in [0.2, 0.25) is 27.0 Å². The van der Waals surface area contributed by atoms with Gasteiger partial charge in [-0.3, -0.25) is 0 Å². The third kappa shape index (κ3) is 143. The molecule has 0 aromatic carbocycles. The van der Waals surface area contributed by atoms with Crippen molar-refractivity contribution in [3.8, 4) is 0 Å². The van der Waals surface area contributed by atoms with Crippen molar-refractivity contribution in [1.29, 1.82) is 0 Å². The van der Waals surface area contributed by atoms with Crippen LogP contribution in [0.4, 0.5) is 0 Å².